The van der Waals surface area contributed by atoms with Crippen LogP contribution in [0.2, 0.25) is 0 Å². The smallest absolute Gasteiger partial charge is 0.270 e. The molecular formula is C25H24F2N2O2. The van der Waals surface area contributed by atoms with Crippen LogP contribution in [0.5, 0.6) is 0 Å². The number of carbonyl (C=O) groups excluding carboxylic acids is 2. The van der Waals surface area contributed by atoms with Crippen molar-refractivity contribution in [2.45, 2.75) is 31.9 Å². The largest absolute Gasteiger partial charge is 0.368 e. The zero-order valence-electron chi connectivity index (χ0n) is 17.3. The highest BCUT2D eigenvalue weighted by molar-refractivity contribution is 5.98. The van der Waals surface area contributed by atoms with Crippen LogP contribution in [0, 0.1) is 0 Å². The Hall–Kier alpha value is -3.54. The number of primary amides is 1. The second kappa shape index (κ2) is 9.08. The summed E-state index contributed by atoms with van der Waals surface area (Å²) in [4.78, 5) is 27.4. The first-order chi connectivity index (χ1) is 14.7. The molecule has 0 aliphatic carbocycles. The van der Waals surface area contributed by atoms with Crippen molar-refractivity contribution in [3.05, 3.63) is 107 Å². The van der Waals surface area contributed by atoms with Crippen LogP contribution in [0.3, 0.4) is 0 Å². The first-order valence-electron chi connectivity index (χ1n) is 9.90. The molecule has 0 heterocycles. The van der Waals surface area contributed by atoms with Gasteiger partial charge in [0.2, 0.25) is 5.91 Å². The van der Waals surface area contributed by atoms with Crippen LogP contribution in [0.15, 0.2) is 84.9 Å². The first kappa shape index (κ1) is 22.2. The Kier molecular flexibility index (Phi) is 6.49. The van der Waals surface area contributed by atoms with Gasteiger partial charge in [-0.15, -0.1) is 0 Å². The number of nitrogens with zero attached hydrogens (tertiary/aromatic N) is 1. The Bertz CT molecular complexity index is 1050. The van der Waals surface area contributed by atoms with Gasteiger partial charge in [-0.3, -0.25) is 9.59 Å². The molecule has 0 spiro atoms. The van der Waals surface area contributed by atoms with E-state index in [9.17, 15) is 18.4 Å². The van der Waals surface area contributed by atoms with Crippen LogP contribution in [-0.2, 0) is 10.7 Å². The minimum atomic E-state index is -3.04. The quantitative estimate of drug-likeness (QED) is 0.567. The summed E-state index contributed by atoms with van der Waals surface area (Å²) in [6.45, 7) is 2.52. The summed E-state index contributed by atoms with van der Waals surface area (Å²) in [7, 11) is 0. The van der Waals surface area contributed by atoms with E-state index in [0.717, 1.165) is 6.92 Å². The second-order valence-corrected chi connectivity index (χ2v) is 7.48. The molecular weight excluding hydrogens is 398 g/mol. The molecule has 3 aromatic carbocycles. The van der Waals surface area contributed by atoms with Gasteiger partial charge in [0.1, 0.15) is 6.04 Å². The summed E-state index contributed by atoms with van der Waals surface area (Å²) in [5, 5.41) is 0. The van der Waals surface area contributed by atoms with Gasteiger partial charge in [-0.05, 0) is 36.2 Å². The lowest BCUT2D eigenvalue weighted by atomic mass is 9.96. The lowest BCUT2D eigenvalue weighted by molar-refractivity contribution is -0.123. The molecule has 0 radical (unpaired) electrons. The fourth-order valence-corrected chi connectivity index (χ4v) is 3.58. The van der Waals surface area contributed by atoms with E-state index in [1.54, 1.807) is 73.7 Å². The highest BCUT2D eigenvalue weighted by Gasteiger charge is 2.35. The molecule has 0 fully saturated rings. The van der Waals surface area contributed by atoms with Crippen LogP contribution in [-0.4, -0.2) is 16.7 Å². The molecule has 0 saturated heterocycles. The summed E-state index contributed by atoms with van der Waals surface area (Å²) < 4.78 is 27.8. The van der Waals surface area contributed by atoms with Gasteiger partial charge in [-0.1, -0.05) is 66.7 Å². The Morgan fingerprint density at radius 2 is 1.42 bits per heavy atom. The Labute approximate surface area is 180 Å². The fraction of sp³-hybridized carbons (Fsp3) is 0.200. The molecule has 2 N–H and O–H groups in total. The van der Waals surface area contributed by atoms with Gasteiger partial charge in [0, 0.05) is 18.1 Å². The van der Waals surface area contributed by atoms with Gasteiger partial charge < -0.3 is 10.6 Å². The molecule has 6 heteroatoms. The van der Waals surface area contributed by atoms with Gasteiger partial charge >= 0.3 is 0 Å². The summed E-state index contributed by atoms with van der Waals surface area (Å²) in [6.07, 6.45) is 0. The lowest BCUT2D eigenvalue weighted by Gasteiger charge is -2.36. The van der Waals surface area contributed by atoms with Crippen LogP contribution in [0.1, 0.15) is 53.0 Å². The molecule has 4 nitrogen and oxygen atoms in total. The average Bonchev–Trinajstić information content (AvgIpc) is 2.77. The van der Waals surface area contributed by atoms with Crippen LogP contribution < -0.4 is 5.73 Å². The number of benzene rings is 3. The predicted molar refractivity (Wildman–Crippen MR) is 115 cm³/mol. The van der Waals surface area contributed by atoms with E-state index in [1.165, 1.54) is 23.1 Å². The van der Waals surface area contributed by atoms with Gasteiger partial charge in [0.15, 0.2) is 0 Å². The molecule has 0 aromatic heterocycles. The van der Waals surface area contributed by atoms with Crippen molar-refractivity contribution in [2.75, 3.05) is 0 Å². The SMILES string of the molecule is C[C@H](c1cccc(C(C)(F)F)c1)N(C(=O)c1ccccc1)[C@H](C(N)=O)c1ccccc1. The molecule has 0 aliphatic rings. The number of amides is 2. The van der Waals surface area contributed by atoms with Gasteiger partial charge in [0.25, 0.3) is 11.8 Å². The maximum atomic E-state index is 13.9. The zero-order valence-corrected chi connectivity index (χ0v) is 17.3. The highest BCUT2D eigenvalue weighted by atomic mass is 19.3. The van der Waals surface area contributed by atoms with Crippen molar-refractivity contribution in [3.8, 4) is 0 Å². The Morgan fingerprint density at radius 1 is 0.871 bits per heavy atom. The number of carbonyl (C=O) groups is 2. The molecule has 3 aromatic rings. The fourth-order valence-electron chi connectivity index (χ4n) is 3.58. The zero-order chi connectivity index (χ0) is 22.6. The van der Waals surface area contributed by atoms with E-state index in [1.807, 2.05) is 0 Å². The third-order valence-electron chi connectivity index (χ3n) is 5.21. The first-order valence-corrected chi connectivity index (χ1v) is 9.90. The van der Waals surface area contributed by atoms with Crippen molar-refractivity contribution in [1.82, 2.24) is 4.90 Å². The van der Waals surface area contributed by atoms with Gasteiger partial charge in [0.05, 0.1) is 6.04 Å². The van der Waals surface area contributed by atoms with Crippen molar-refractivity contribution in [3.63, 3.8) is 0 Å². The molecule has 160 valence electrons. The predicted octanol–water partition coefficient (Wildman–Crippen LogP) is 5.23. The summed E-state index contributed by atoms with van der Waals surface area (Å²) in [5.41, 5.74) is 6.97. The van der Waals surface area contributed by atoms with E-state index >= 15 is 0 Å². The summed E-state index contributed by atoms with van der Waals surface area (Å²) >= 11 is 0. The summed E-state index contributed by atoms with van der Waals surface area (Å²) in [6, 6.07) is 21.3. The molecule has 2 amide bonds. The molecule has 0 unspecified atom stereocenters. The minimum Gasteiger partial charge on any atom is -0.368 e. The second-order valence-electron chi connectivity index (χ2n) is 7.48. The number of hydrogen-bond acceptors (Lipinski definition) is 2. The number of hydrogen-bond donors (Lipinski definition) is 1. The minimum absolute atomic E-state index is 0.167. The Balaban J connectivity index is 2.14. The molecule has 2 atom stereocenters. The average molecular weight is 422 g/mol. The highest BCUT2D eigenvalue weighted by Crippen LogP contribution is 2.35. The van der Waals surface area contributed by atoms with Crippen LogP contribution in [0.25, 0.3) is 0 Å². The number of halogens is 2. The lowest BCUT2D eigenvalue weighted by Crippen LogP contribution is -2.43. The van der Waals surface area contributed by atoms with E-state index in [0.29, 0.717) is 16.7 Å². The van der Waals surface area contributed by atoms with Gasteiger partial charge in [-0.25, -0.2) is 8.78 Å². The van der Waals surface area contributed by atoms with E-state index in [2.05, 4.69) is 0 Å². The van der Waals surface area contributed by atoms with Crippen molar-refractivity contribution in [1.29, 1.82) is 0 Å². The van der Waals surface area contributed by atoms with E-state index in [4.69, 9.17) is 5.73 Å². The van der Waals surface area contributed by atoms with Crippen LogP contribution in [0.4, 0.5) is 8.78 Å². The van der Waals surface area contributed by atoms with E-state index in [-0.39, 0.29) is 5.56 Å². The molecule has 0 saturated carbocycles. The number of alkyl halides is 2. The van der Waals surface area contributed by atoms with Crippen LogP contribution >= 0.6 is 0 Å². The number of nitrogens with two attached hydrogens (primary N) is 1. The van der Waals surface area contributed by atoms with Crippen molar-refractivity contribution in [2.24, 2.45) is 5.73 Å². The molecule has 0 bridgehead atoms. The molecule has 0 aliphatic heterocycles. The standard InChI is InChI=1S/C25H24F2N2O2/c1-17(20-14-9-15-21(16-20)25(2,26)27)29(24(31)19-12-7-4-8-13-19)22(23(28)30)18-10-5-3-6-11-18/h3-17,22H,1-2H3,(H2,28,30)/t17-,22+/m1/s1. The maximum absolute atomic E-state index is 13.9. The van der Waals surface area contributed by atoms with Crippen molar-refractivity contribution >= 4 is 11.8 Å². The number of rotatable bonds is 7. The van der Waals surface area contributed by atoms with Gasteiger partial charge in [-0.2, -0.15) is 0 Å². The monoisotopic (exact) mass is 422 g/mol. The molecule has 3 rings (SSSR count). The normalized spacial score (nSPS) is 13.3. The topological polar surface area (TPSA) is 63.4 Å². The summed E-state index contributed by atoms with van der Waals surface area (Å²) in [5.74, 6) is -4.17. The van der Waals surface area contributed by atoms with E-state index < -0.39 is 29.8 Å². The maximum Gasteiger partial charge on any atom is 0.270 e. The Morgan fingerprint density at radius 3 is 1.97 bits per heavy atom. The third-order valence-corrected chi connectivity index (χ3v) is 5.21. The third kappa shape index (κ3) is 4.97. The molecule has 31 heavy (non-hydrogen) atoms. The van der Waals surface area contributed by atoms with Crippen molar-refractivity contribution < 1.29 is 18.4 Å².